The lowest BCUT2D eigenvalue weighted by Gasteiger charge is -2.10. The third kappa shape index (κ3) is 5.03. The summed E-state index contributed by atoms with van der Waals surface area (Å²) in [6.07, 6.45) is 0. The van der Waals surface area contributed by atoms with Crippen LogP contribution in [0.3, 0.4) is 0 Å². The number of nitrogens with zero attached hydrogens (tertiary/aromatic N) is 3. The van der Waals surface area contributed by atoms with Crippen molar-refractivity contribution in [2.24, 2.45) is 0 Å². The fraction of sp³-hybridized carbons (Fsp3) is 0.400. The molecule has 0 atom stereocenters. The molecule has 1 aromatic carbocycles. The topological polar surface area (TPSA) is 66.2 Å². The molecular weight excluding hydrogens is 373 g/mol. The molecule has 0 saturated heterocycles. The van der Waals surface area contributed by atoms with E-state index in [0.717, 1.165) is 0 Å². The lowest BCUT2D eigenvalue weighted by atomic mass is 10.3. The van der Waals surface area contributed by atoms with Gasteiger partial charge in [0.2, 0.25) is 0 Å². The van der Waals surface area contributed by atoms with Crippen LogP contribution in [0.2, 0.25) is 10.0 Å². The molecule has 1 heterocycles. The van der Waals surface area contributed by atoms with Crippen LogP contribution in [0.1, 0.15) is 19.7 Å². The molecule has 2 rings (SSSR count). The molecule has 0 unspecified atom stereocenters. The molecule has 0 aliphatic carbocycles. The number of aromatic nitrogens is 3. The van der Waals surface area contributed by atoms with Gasteiger partial charge in [0, 0.05) is 17.6 Å². The van der Waals surface area contributed by atoms with Crippen molar-refractivity contribution < 1.29 is 14.3 Å². The van der Waals surface area contributed by atoms with Gasteiger partial charge in [0.05, 0.1) is 17.4 Å². The van der Waals surface area contributed by atoms with Gasteiger partial charge in [-0.15, -0.1) is 10.2 Å². The first-order chi connectivity index (χ1) is 11.5. The summed E-state index contributed by atoms with van der Waals surface area (Å²) in [5.41, 5.74) is 0. The Kier molecular flexibility index (Phi) is 7.20. The van der Waals surface area contributed by atoms with Gasteiger partial charge < -0.3 is 14.0 Å². The number of halogens is 2. The lowest BCUT2D eigenvalue weighted by Crippen LogP contribution is -2.10. The molecule has 1 aromatic heterocycles. The van der Waals surface area contributed by atoms with E-state index >= 15 is 0 Å². The number of thioether (sulfide) groups is 1. The van der Waals surface area contributed by atoms with Crippen molar-refractivity contribution in [3.8, 4) is 5.75 Å². The van der Waals surface area contributed by atoms with Crippen molar-refractivity contribution in [3.05, 3.63) is 34.1 Å². The van der Waals surface area contributed by atoms with Crippen LogP contribution in [-0.4, -0.2) is 33.1 Å². The van der Waals surface area contributed by atoms with Crippen LogP contribution >= 0.6 is 35.0 Å². The van der Waals surface area contributed by atoms with E-state index in [1.54, 1.807) is 25.1 Å². The monoisotopic (exact) mass is 389 g/mol. The summed E-state index contributed by atoms with van der Waals surface area (Å²) in [5.74, 6) is 1.03. The van der Waals surface area contributed by atoms with Crippen molar-refractivity contribution in [2.45, 2.75) is 32.2 Å². The van der Waals surface area contributed by atoms with E-state index in [4.69, 9.17) is 32.7 Å². The maximum absolute atomic E-state index is 11.5. The van der Waals surface area contributed by atoms with Crippen LogP contribution in [0.5, 0.6) is 5.75 Å². The van der Waals surface area contributed by atoms with Crippen molar-refractivity contribution >= 4 is 40.9 Å². The standard InChI is InChI=1S/C15H17Cl2N3O3S/c1-3-20-13(8-23-12-7-10(16)5-6-11(12)17)18-19-15(20)24-9-14(21)22-4-2/h5-7H,3-4,8-9H2,1-2H3. The molecule has 0 fully saturated rings. The zero-order chi connectivity index (χ0) is 17.5. The fourth-order valence-electron chi connectivity index (χ4n) is 1.91. The van der Waals surface area contributed by atoms with Crippen molar-refractivity contribution in [2.75, 3.05) is 12.4 Å². The minimum Gasteiger partial charge on any atom is -0.484 e. The predicted octanol–water partition coefficient (Wildman–Crippen LogP) is 3.84. The largest absolute Gasteiger partial charge is 0.484 e. The summed E-state index contributed by atoms with van der Waals surface area (Å²) in [5, 5.41) is 9.87. The number of carbonyl (C=O) groups is 1. The van der Waals surface area contributed by atoms with Crippen LogP contribution in [0.25, 0.3) is 0 Å². The quantitative estimate of drug-likeness (QED) is 0.504. The van der Waals surface area contributed by atoms with Crippen molar-refractivity contribution in [3.63, 3.8) is 0 Å². The number of benzene rings is 1. The van der Waals surface area contributed by atoms with E-state index in [2.05, 4.69) is 10.2 Å². The number of carbonyl (C=O) groups excluding carboxylic acids is 1. The summed E-state index contributed by atoms with van der Waals surface area (Å²) in [6.45, 7) is 4.95. The average Bonchev–Trinajstić information content (AvgIpc) is 2.96. The maximum atomic E-state index is 11.5. The van der Waals surface area contributed by atoms with E-state index in [1.807, 2.05) is 11.5 Å². The Labute approximate surface area is 154 Å². The summed E-state index contributed by atoms with van der Waals surface area (Å²) < 4.78 is 12.5. The van der Waals surface area contributed by atoms with Crippen LogP contribution in [-0.2, 0) is 22.7 Å². The highest BCUT2D eigenvalue weighted by Crippen LogP contribution is 2.28. The molecule has 0 aliphatic rings. The third-order valence-corrected chi connectivity index (χ3v) is 4.47. The van der Waals surface area contributed by atoms with Crippen molar-refractivity contribution in [1.29, 1.82) is 0 Å². The lowest BCUT2D eigenvalue weighted by molar-refractivity contribution is -0.139. The van der Waals surface area contributed by atoms with E-state index in [0.29, 0.717) is 39.9 Å². The second kappa shape index (κ2) is 9.15. The Morgan fingerprint density at radius 3 is 2.79 bits per heavy atom. The second-order valence-corrected chi connectivity index (χ2v) is 6.39. The summed E-state index contributed by atoms with van der Waals surface area (Å²) in [7, 11) is 0. The van der Waals surface area contributed by atoms with Gasteiger partial charge in [-0.3, -0.25) is 4.79 Å². The van der Waals surface area contributed by atoms with Crippen LogP contribution < -0.4 is 4.74 Å². The first kappa shape index (κ1) is 18.9. The van der Waals surface area contributed by atoms with E-state index < -0.39 is 0 Å². The molecule has 0 amide bonds. The smallest absolute Gasteiger partial charge is 0.316 e. The highest BCUT2D eigenvalue weighted by molar-refractivity contribution is 7.99. The second-order valence-electron chi connectivity index (χ2n) is 4.60. The molecule has 0 saturated carbocycles. The van der Waals surface area contributed by atoms with Gasteiger partial charge in [0.1, 0.15) is 12.4 Å². The SMILES string of the molecule is CCOC(=O)CSc1nnc(COc2cc(Cl)ccc2Cl)n1CC. The third-order valence-electron chi connectivity index (χ3n) is 2.98. The number of rotatable bonds is 8. The zero-order valence-electron chi connectivity index (χ0n) is 13.3. The van der Waals surface area contributed by atoms with Gasteiger partial charge in [-0.1, -0.05) is 35.0 Å². The molecule has 0 bridgehead atoms. The van der Waals surface area contributed by atoms with Gasteiger partial charge in [-0.2, -0.15) is 0 Å². The minimum atomic E-state index is -0.281. The van der Waals surface area contributed by atoms with E-state index in [9.17, 15) is 4.79 Å². The summed E-state index contributed by atoms with van der Waals surface area (Å²) >= 11 is 13.3. The zero-order valence-corrected chi connectivity index (χ0v) is 15.6. The highest BCUT2D eigenvalue weighted by atomic mass is 35.5. The van der Waals surface area contributed by atoms with Crippen LogP contribution in [0.15, 0.2) is 23.4 Å². The molecule has 0 radical (unpaired) electrons. The molecule has 2 aromatic rings. The van der Waals surface area contributed by atoms with Crippen molar-refractivity contribution in [1.82, 2.24) is 14.8 Å². The molecule has 9 heteroatoms. The van der Waals surface area contributed by atoms with Gasteiger partial charge >= 0.3 is 5.97 Å². The first-order valence-electron chi connectivity index (χ1n) is 7.33. The number of hydrogen-bond donors (Lipinski definition) is 0. The number of ether oxygens (including phenoxy) is 2. The molecule has 24 heavy (non-hydrogen) atoms. The van der Waals surface area contributed by atoms with Gasteiger partial charge in [0.25, 0.3) is 0 Å². The van der Waals surface area contributed by atoms with Gasteiger partial charge in [-0.05, 0) is 26.0 Å². The van der Waals surface area contributed by atoms with E-state index in [1.165, 1.54) is 11.8 Å². The Balaban J connectivity index is 2.03. The van der Waals surface area contributed by atoms with Crippen LogP contribution in [0, 0.1) is 0 Å². The highest BCUT2D eigenvalue weighted by Gasteiger charge is 2.14. The first-order valence-corrected chi connectivity index (χ1v) is 9.07. The summed E-state index contributed by atoms with van der Waals surface area (Å²) in [6, 6.07) is 5.01. The molecule has 130 valence electrons. The minimum absolute atomic E-state index is 0.187. The normalized spacial score (nSPS) is 10.7. The number of esters is 1. The van der Waals surface area contributed by atoms with E-state index in [-0.39, 0.29) is 18.3 Å². The number of hydrogen-bond acceptors (Lipinski definition) is 6. The van der Waals surface area contributed by atoms with Gasteiger partial charge in [0.15, 0.2) is 11.0 Å². The summed E-state index contributed by atoms with van der Waals surface area (Å²) in [4.78, 5) is 11.5. The Hall–Kier alpha value is -1.44. The predicted molar refractivity (Wildman–Crippen MR) is 93.8 cm³/mol. The Bertz CT molecular complexity index is 709. The molecular formula is C15H17Cl2N3O3S. The molecule has 0 N–H and O–H groups in total. The van der Waals surface area contributed by atoms with Crippen LogP contribution in [0.4, 0.5) is 0 Å². The molecule has 0 spiro atoms. The Morgan fingerprint density at radius 1 is 1.29 bits per heavy atom. The van der Waals surface area contributed by atoms with Gasteiger partial charge in [-0.25, -0.2) is 0 Å². The maximum Gasteiger partial charge on any atom is 0.316 e. The Morgan fingerprint density at radius 2 is 2.08 bits per heavy atom. The fourth-order valence-corrected chi connectivity index (χ4v) is 3.06. The average molecular weight is 390 g/mol. The molecule has 6 nitrogen and oxygen atoms in total. The molecule has 0 aliphatic heterocycles.